The van der Waals surface area contributed by atoms with E-state index in [1.165, 1.54) is 5.56 Å². The Morgan fingerprint density at radius 1 is 1.00 bits per heavy atom. The standard InChI is InChI=1S/C21H26N2O2/c24-14-11-18(17-7-3-1-4-8-17)15-22-20(25)23-16-21(12-13-21)19-9-5-2-6-10-19/h1-10,18,24H,11-16H2,(H2,22,23,25). The lowest BCUT2D eigenvalue weighted by Gasteiger charge is -2.19. The lowest BCUT2D eigenvalue weighted by Crippen LogP contribution is -2.41. The van der Waals surface area contributed by atoms with Gasteiger partial charge in [-0.1, -0.05) is 60.7 Å². The van der Waals surface area contributed by atoms with E-state index in [1.807, 2.05) is 36.4 Å². The molecule has 4 heteroatoms. The summed E-state index contributed by atoms with van der Waals surface area (Å²) >= 11 is 0. The molecule has 25 heavy (non-hydrogen) atoms. The van der Waals surface area contributed by atoms with Gasteiger partial charge in [-0.2, -0.15) is 0 Å². The second-order valence-corrected chi connectivity index (χ2v) is 6.83. The first-order valence-corrected chi connectivity index (χ1v) is 8.96. The van der Waals surface area contributed by atoms with Crippen molar-refractivity contribution in [3.8, 4) is 0 Å². The molecule has 0 radical (unpaired) electrons. The number of aliphatic hydroxyl groups excluding tert-OH is 1. The number of urea groups is 1. The average Bonchev–Trinajstić information content (AvgIpc) is 3.46. The molecule has 0 spiro atoms. The Bertz CT molecular complexity index is 669. The minimum absolute atomic E-state index is 0.111. The van der Waals surface area contributed by atoms with Crippen LogP contribution in [0.2, 0.25) is 0 Å². The number of carbonyl (C=O) groups is 1. The van der Waals surface area contributed by atoms with Gasteiger partial charge in [-0.3, -0.25) is 0 Å². The van der Waals surface area contributed by atoms with Crippen LogP contribution in [0.25, 0.3) is 0 Å². The van der Waals surface area contributed by atoms with Gasteiger partial charge in [0.05, 0.1) is 0 Å². The summed E-state index contributed by atoms with van der Waals surface area (Å²) in [6.45, 7) is 1.30. The van der Waals surface area contributed by atoms with Crippen molar-refractivity contribution in [3.05, 3.63) is 71.8 Å². The third-order valence-corrected chi connectivity index (χ3v) is 5.08. The van der Waals surface area contributed by atoms with Gasteiger partial charge >= 0.3 is 6.03 Å². The first kappa shape index (κ1) is 17.5. The van der Waals surface area contributed by atoms with Crippen molar-refractivity contribution in [1.29, 1.82) is 0 Å². The normalized spacial score (nSPS) is 16.0. The molecule has 2 aromatic carbocycles. The van der Waals surface area contributed by atoms with Crippen LogP contribution in [0.15, 0.2) is 60.7 Å². The van der Waals surface area contributed by atoms with Crippen LogP contribution in [0.1, 0.15) is 36.3 Å². The zero-order valence-corrected chi connectivity index (χ0v) is 14.4. The Morgan fingerprint density at radius 3 is 2.24 bits per heavy atom. The molecule has 1 atom stereocenters. The second kappa shape index (κ2) is 8.17. The number of hydrogen-bond acceptors (Lipinski definition) is 2. The number of carbonyl (C=O) groups excluding carboxylic acids is 1. The average molecular weight is 338 g/mol. The fourth-order valence-corrected chi connectivity index (χ4v) is 3.31. The molecule has 0 saturated heterocycles. The monoisotopic (exact) mass is 338 g/mol. The number of amides is 2. The maximum atomic E-state index is 12.2. The molecule has 2 amide bonds. The van der Waals surface area contributed by atoms with Gasteiger partial charge in [-0.05, 0) is 30.4 Å². The Morgan fingerprint density at radius 2 is 1.64 bits per heavy atom. The van der Waals surface area contributed by atoms with Crippen LogP contribution >= 0.6 is 0 Å². The van der Waals surface area contributed by atoms with Crippen molar-refractivity contribution >= 4 is 6.03 Å². The Kier molecular flexibility index (Phi) is 5.71. The molecule has 132 valence electrons. The van der Waals surface area contributed by atoms with E-state index < -0.39 is 0 Å². The number of rotatable bonds is 8. The smallest absolute Gasteiger partial charge is 0.314 e. The van der Waals surface area contributed by atoms with Crippen LogP contribution in [-0.2, 0) is 5.41 Å². The molecule has 3 rings (SSSR count). The predicted molar refractivity (Wildman–Crippen MR) is 99.6 cm³/mol. The summed E-state index contributed by atoms with van der Waals surface area (Å²) in [5, 5.41) is 15.3. The molecule has 1 fully saturated rings. The zero-order valence-electron chi connectivity index (χ0n) is 14.4. The Labute approximate surface area is 149 Å². The third kappa shape index (κ3) is 4.60. The first-order valence-electron chi connectivity index (χ1n) is 8.96. The van der Waals surface area contributed by atoms with Crippen molar-refractivity contribution in [3.63, 3.8) is 0 Å². The van der Waals surface area contributed by atoms with Crippen molar-refractivity contribution in [2.24, 2.45) is 0 Å². The van der Waals surface area contributed by atoms with Crippen LogP contribution in [0.3, 0.4) is 0 Å². The quantitative estimate of drug-likeness (QED) is 0.692. The Balaban J connectivity index is 1.49. The molecule has 0 aromatic heterocycles. The van der Waals surface area contributed by atoms with E-state index in [-0.39, 0.29) is 24.0 Å². The van der Waals surface area contributed by atoms with Crippen LogP contribution in [0, 0.1) is 0 Å². The van der Waals surface area contributed by atoms with E-state index in [1.54, 1.807) is 0 Å². The second-order valence-electron chi connectivity index (χ2n) is 6.83. The summed E-state index contributed by atoms with van der Waals surface area (Å²) in [6.07, 6.45) is 2.88. The fourth-order valence-electron chi connectivity index (χ4n) is 3.31. The SMILES string of the molecule is O=C(NCC(CCO)c1ccccc1)NCC1(c2ccccc2)CC1. The molecule has 1 unspecified atom stereocenters. The van der Waals surface area contributed by atoms with Gasteiger partial charge in [-0.25, -0.2) is 4.79 Å². The Hall–Kier alpha value is -2.33. The third-order valence-electron chi connectivity index (χ3n) is 5.08. The molecule has 2 aromatic rings. The van der Waals surface area contributed by atoms with Gasteiger partial charge in [0.15, 0.2) is 0 Å². The summed E-state index contributed by atoms with van der Waals surface area (Å²) in [4.78, 5) is 12.2. The molecular weight excluding hydrogens is 312 g/mol. The van der Waals surface area contributed by atoms with Gasteiger partial charge in [0, 0.05) is 31.0 Å². The highest BCUT2D eigenvalue weighted by atomic mass is 16.3. The lowest BCUT2D eigenvalue weighted by atomic mass is 9.96. The summed E-state index contributed by atoms with van der Waals surface area (Å²) in [7, 11) is 0. The molecule has 1 aliphatic rings. The van der Waals surface area contributed by atoms with Gasteiger partial charge in [0.2, 0.25) is 0 Å². The van der Waals surface area contributed by atoms with Crippen molar-refractivity contribution in [1.82, 2.24) is 10.6 Å². The van der Waals surface area contributed by atoms with Gasteiger partial charge in [0.1, 0.15) is 0 Å². The highest BCUT2D eigenvalue weighted by Gasteiger charge is 2.44. The number of hydrogen-bond donors (Lipinski definition) is 3. The summed E-state index contributed by atoms with van der Waals surface area (Å²) in [6, 6.07) is 20.3. The van der Waals surface area contributed by atoms with Gasteiger partial charge < -0.3 is 15.7 Å². The van der Waals surface area contributed by atoms with Crippen LogP contribution < -0.4 is 10.6 Å². The molecule has 1 aliphatic carbocycles. The lowest BCUT2D eigenvalue weighted by molar-refractivity contribution is 0.236. The summed E-state index contributed by atoms with van der Waals surface area (Å²) < 4.78 is 0. The molecular formula is C21H26N2O2. The van der Waals surface area contributed by atoms with E-state index in [0.717, 1.165) is 18.4 Å². The maximum absolute atomic E-state index is 12.2. The topological polar surface area (TPSA) is 61.4 Å². The zero-order chi connectivity index (χ0) is 17.5. The van der Waals surface area contributed by atoms with E-state index in [4.69, 9.17) is 0 Å². The minimum Gasteiger partial charge on any atom is -0.396 e. The number of nitrogens with one attached hydrogen (secondary N) is 2. The summed E-state index contributed by atoms with van der Waals surface area (Å²) in [5.41, 5.74) is 2.56. The fraction of sp³-hybridized carbons (Fsp3) is 0.381. The molecule has 4 nitrogen and oxygen atoms in total. The molecule has 1 saturated carbocycles. The highest BCUT2D eigenvalue weighted by molar-refractivity contribution is 5.74. The van der Waals surface area contributed by atoms with Crippen molar-refractivity contribution in [2.45, 2.75) is 30.6 Å². The molecule has 0 aliphatic heterocycles. The van der Waals surface area contributed by atoms with Crippen molar-refractivity contribution < 1.29 is 9.90 Å². The van der Waals surface area contributed by atoms with Crippen LogP contribution in [0.4, 0.5) is 4.79 Å². The van der Waals surface area contributed by atoms with E-state index in [9.17, 15) is 9.90 Å². The highest BCUT2D eigenvalue weighted by Crippen LogP contribution is 2.47. The maximum Gasteiger partial charge on any atom is 0.314 e. The largest absolute Gasteiger partial charge is 0.396 e. The van der Waals surface area contributed by atoms with E-state index >= 15 is 0 Å². The van der Waals surface area contributed by atoms with E-state index in [2.05, 4.69) is 34.9 Å². The molecule has 0 bridgehead atoms. The van der Waals surface area contributed by atoms with Crippen LogP contribution in [0.5, 0.6) is 0 Å². The van der Waals surface area contributed by atoms with Crippen molar-refractivity contribution in [2.75, 3.05) is 19.7 Å². The number of benzene rings is 2. The number of aliphatic hydroxyl groups is 1. The molecule has 3 N–H and O–H groups in total. The summed E-state index contributed by atoms with van der Waals surface area (Å²) in [5.74, 6) is 0.126. The van der Waals surface area contributed by atoms with Gasteiger partial charge in [-0.15, -0.1) is 0 Å². The molecule has 0 heterocycles. The van der Waals surface area contributed by atoms with Crippen LogP contribution in [-0.4, -0.2) is 30.8 Å². The van der Waals surface area contributed by atoms with E-state index in [0.29, 0.717) is 19.5 Å². The first-order chi connectivity index (χ1) is 12.2. The van der Waals surface area contributed by atoms with Gasteiger partial charge in [0.25, 0.3) is 0 Å². The minimum atomic E-state index is -0.138. The predicted octanol–water partition coefficient (Wildman–Crippen LogP) is 3.18.